The summed E-state index contributed by atoms with van der Waals surface area (Å²) in [5.74, 6) is 1.04. The van der Waals surface area contributed by atoms with Crippen molar-refractivity contribution >= 4 is 22.8 Å². The van der Waals surface area contributed by atoms with E-state index in [0.29, 0.717) is 34.4 Å². The molecule has 0 spiro atoms. The average molecular weight is 376 g/mol. The normalized spacial score (nSPS) is 11.3. The third kappa shape index (κ3) is 3.38. The first-order valence-corrected chi connectivity index (χ1v) is 9.14. The second kappa shape index (κ2) is 7.26. The lowest BCUT2D eigenvalue weighted by Gasteiger charge is -2.10. The molecule has 0 unspecified atom stereocenters. The minimum Gasteiger partial charge on any atom is -0.383 e. The maximum atomic E-state index is 13.4. The Morgan fingerprint density at radius 3 is 2.43 bits per heavy atom. The highest BCUT2D eigenvalue weighted by molar-refractivity contribution is 5.99. The van der Waals surface area contributed by atoms with Crippen LogP contribution in [0.5, 0.6) is 0 Å². The van der Waals surface area contributed by atoms with Crippen LogP contribution >= 0.6 is 0 Å². The fourth-order valence-electron chi connectivity index (χ4n) is 2.97. The lowest BCUT2D eigenvalue weighted by molar-refractivity contribution is 0.628. The van der Waals surface area contributed by atoms with Crippen molar-refractivity contribution in [3.63, 3.8) is 0 Å². The van der Waals surface area contributed by atoms with Gasteiger partial charge in [0.25, 0.3) is 0 Å². The van der Waals surface area contributed by atoms with Crippen LogP contribution in [0.15, 0.2) is 54.6 Å². The standard InChI is InChI=1S/C21H21FN6/c1-13(2)12-24-21-25-18(14-8-10-15(22)11-9-14)17-19(23)28(27-20(17)26-21)16-6-4-3-5-7-16/h3-11,13H,12,23H2,1-2H3,(H,24,26,27). The van der Waals surface area contributed by atoms with E-state index in [-0.39, 0.29) is 5.82 Å². The van der Waals surface area contributed by atoms with Crippen molar-refractivity contribution in [3.05, 3.63) is 60.4 Å². The number of anilines is 2. The molecule has 0 radical (unpaired) electrons. The zero-order valence-electron chi connectivity index (χ0n) is 15.7. The lowest BCUT2D eigenvalue weighted by atomic mass is 10.1. The summed E-state index contributed by atoms with van der Waals surface area (Å²) < 4.78 is 15.1. The van der Waals surface area contributed by atoms with E-state index in [9.17, 15) is 4.39 Å². The number of benzene rings is 2. The van der Waals surface area contributed by atoms with Gasteiger partial charge in [-0.1, -0.05) is 32.0 Å². The fraction of sp³-hybridized carbons (Fsp3) is 0.190. The maximum Gasteiger partial charge on any atom is 0.225 e. The number of halogens is 1. The molecule has 28 heavy (non-hydrogen) atoms. The highest BCUT2D eigenvalue weighted by Crippen LogP contribution is 2.32. The average Bonchev–Trinajstić information content (AvgIpc) is 3.04. The van der Waals surface area contributed by atoms with Crippen LogP contribution in [0.4, 0.5) is 16.2 Å². The molecule has 2 heterocycles. The summed E-state index contributed by atoms with van der Waals surface area (Å²) in [6.45, 7) is 4.94. The summed E-state index contributed by atoms with van der Waals surface area (Å²) in [6.07, 6.45) is 0. The topological polar surface area (TPSA) is 81.6 Å². The van der Waals surface area contributed by atoms with Crippen LogP contribution in [0.1, 0.15) is 13.8 Å². The number of nitrogens with one attached hydrogen (secondary N) is 1. The number of nitrogens with two attached hydrogens (primary N) is 1. The molecule has 0 amide bonds. The molecule has 0 saturated heterocycles. The zero-order valence-corrected chi connectivity index (χ0v) is 15.7. The van der Waals surface area contributed by atoms with Crippen LogP contribution in [-0.4, -0.2) is 26.3 Å². The van der Waals surface area contributed by atoms with Gasteiger partial charge in [0.1, 0.15) is 11.6 Å². The molecule has 0 aliphatic carbocycles. The Bertz CT molecular complexity index is 1100. The molecule has 0 aliphatic heterocycles. The van der Waals surface area contributed by atoms with Gasteiger partial charge in [0.2, 0.25) is 5.95 Å². The smallest absolute Gasteiger partial charge is 0.225 e. The molecule has 0 bridgehead atoms. The monoisotopic (exact) mass is 376 g/mol. The van der Waals surface area contributed by atoms with Crippen LogP contribution in [0, 0.1) is 11.7 Å². The van der Waals surface area contributed by atoms with E-state index in [2.05, 4.69) is 34.2 Å². The zero-order chi connectivity index (χ0) is 19.7. The summed E-state index contributed by atoms with van der Waals surface area (Å²) >= 11 is 0. The SMILES string of the molecule is CC(C)CNc1nc(-c2ccc(F)cc2)c2c(N)n(-c3ccccc3)nc2n1. The number of nitrogen functional groups attached to an aromatic ring is 1. The number of nitrogens with zero attached hydrogens (tertiary/aromatic N) is 4. The number of aromatic nitrogens is 4. The van der Waals surface area contributed by atoms with E-state index in [4.69, 9.17) is 5.73 Å². The summed E-state index contributed by atoms with van der Waals surface area (Å²) in [4.78, 5) is 9.21. The molecule has 0 saturated carbocycles. The second-order valence-corrected chi connectivity index (χ2v) is 7.01. The van der Waals surface area contributed by atoms with Gasteiger partial charge in [-0.05, 0) is 42.3 Å². The first-order chi connectivity index (χ1) is 13.5. The molecule has 142 valence electrons. The van der Waals surface area contributed by atoms with Crippen LogP contribution in [0.25, 0.3) is 28.0 Å². The van der Waals surface area contributed by atoms with Gasteiger partial charge in [-0.3, -0.25) is 0 Å². The van der Waals surface area contributed by atoms with Crippen molar-refractivity contribution < 1.29 is 4.39 Å². The molecule has 0 fully saturated rings. The molecule has 0 atom stereocenters. The molecule has 6 nitrogen and oxygen atoms in total. The Balaban J connectivity index is 1.93. The molecule has 3 N–H and O–H groups in total. The minimum absolute atomic E-state index is 0.305. The van der Waals surface area contributed by atoms with E-state index in [1.54, 1.807) is 16.8 Å². The number of rotatable bonds is 5. The largest absolute Gasteiger partial charge is 0.383 e. The first kappa shape index (κ1) is 17.9. The van der Waals surface area contributed by atoms with Crippen molar-refractivity contribution in [1.82, 2.24) is 19.7 Å². The highest BCUT2D eigenvalue weighted by Gasteiger charge is 2.19. The van der Waals surface area contributed by atoms with E-state index in [0.717, 1.165) is 17.8 Å². The van der Waals surface area contributed by atoms with Gasteiger partial charge < -0.3 is 11.1 Å². The first-order valence-electron chi connectivity index (χ1n) is 9.14. The molecule has 4 aromatic rings. The fourth-order valence-corrected chi connectivity index (χ4v) is 2.97. The van der Waals surface area contributed by atoms with Crippen molar-refractivity contribution in [1.29, 1.82) is 0 Å². The third-order valence-corrected chi connectivity index (χ3v) is 4.36. The predicted octanol–water partition coefficient (Wildman–Crippen LogP) is 4.27. The molecular weight excluding hydrogens is 355 g/mol. The second-order valence-electron chi connectivity index (χ2n) is 7.01. The van der Waals surface area contributed by atoms with Crippen LogP contribution in [0.3, 0.4) is 0 Å². The van der Waals surface area contributed by atoms with Gasteiger partial charge >= 0.3 is 0 Å². The van der Waals surface area contributed by atoms with Gasteiger partial charge in [-0.15, -0.1) is 5.10 Å². The van der Waals surface area contributed by atoms with E-state index in [1.807, 2.05) is 30.3 Å². The van der Waals surface area contributed by atoms with E-state index < -0.39 is 0 Å². The van der Waals surface area contributed by atoms with Crippen molar-refractivity contribution in [3.8, 4) is 16.9 Å². The number of para-hydroxylation sites is 1. The van der Waals surface area contributed by atoms with Crippen LogP contribution in [-0.2, 0) is 0 Å². The summed E-state index contributed by atoms with van der Waals surface area (Å²) in [7, 11) is 0. The number of hydrogen-bond acceptors (Lipinski definition) is 5. The molecular formula is C21H21FN6. The number of hydrogen-bond donors (Lipinski definition) is 2. The van der Waals surface area contributed by atoms with E-state index in [1.165, 1.54) is 12.1 Å². The Morgan fingerprint density at radius 2 is 1.75 bits per heavy atom. The Hall–Kier alpha value is -3.48. The Labute approximate surface area is 162 Å². The molecule has 7 heteroatoms. The Morgan fingerprint density at radius 1 is 1.04 bits per heavy atom. The van der Waals surface area contributed by atoms with E-state index >= 15 is 0 Å². The van der Waals surface area contributed by atoms with Crippen molar-refractivity contribution in [2.24, 2.45) is 5.92 Å². The minimum atomic E-state index is -0.305. The molecule has 2 aromatic heterocycles. The van der Waals surface area contributed by atoms with Gasteiger partial charge in [0.15, 0.2) is 5.65 Å². The van der Waals surface area contributed by atoms with Gasteiger partial charge in [-0.25, -0.2) is 14.1 Å². The Kier molecular flexibility index (Phi) is 4.65. The van der Waals surface area contributed by atoms with Crippen molar-refractivity contribution in [2.45, 2.75) is 13.8 Å². The third-order valence-electron chi connectivity index (χ3n) is 4.36. The van der Waals surface area contributed by atoms with Crippen molar-refractivity contribution in [2.75, 3.05) is 17.6 Å². The maximum absolute atomic E-state index is 13.4. The molecule has 0 aliphatic rings. The van der Waals surface area contributed by atoms with Gasteiger partial charge in [-0.2, -0.15) is 4.98 Å². The van der Waals surface area contributed by atoms with Gasteiger partial charge in [0.05, 0.1) is 16.8 Å². The predicted molar refractivity (Wildman–Crippen MR) is 110 cm³/mol. The number of fused-ring (bicyclic) bond motifs is 1. The highest BCUT2D eigenvalue weighted by atomic mass is 19.1. The lowest BCUT2D eigenvalue weighted by Crippen LogP contribution is -2.11. The summed E-state index contributed by atoms with van der Waals surface area (Å²) in [5.41, 5.74) is 9.13. The van der Waals surface area contributed by atoms with Crippen LogP contribution in [0.2, 0.25) is 0 Å². The molecule has 2 aromatic carbocycles. The van der Waals surface area contributed by atoms with Crippen LogP contribution < -0.4 is 11.1 Å². The molecule has 4 rings (SSSR count). The quantitative estimate of drug-likeness (QED) is 0.543. The van der Waals surface area contributed by atoms with Gasteiger partial charge in [0, 0.05) is 12.1 Å². The summed E-state index contributed by atoms with van der Waals surface area (Å²) in [5, 5.41) is 8.48. The summed E-state index contributed by atoms with van der Waals surface area (Å²) in [6, 6.07) is 15.8.